The van der Waals surface area contributed by atoms with Crippen molar-refractivity contribution in [1.29, 1.82) is 0 Å². The van der Waals surface area contributed by atoms with E-state index in [4.69, 9.17) is 4.74 Å². The number of benzene rings is 1. The van der Waals surface area contributed by atoms with E-state index >= 15 is 0 Å². The summed E-state index contributed by atoms with van der Waals surface area (Å²) in [5.74, 6) is 1.37. The number of hydrogen-bond acceptors (Lipinski definition) is 4. The Morgan fingerprint density at radius 1 is 1.36 bits per heavy atom. The summed E-state index contributed by atoms with van der Waals surface area (Å²) >= 11 is 0. The summed E-state index contributed by atoms with van der Waals surface area (Å²) in [7, 11) is 1.60. The zero-order valence-corrected chi connectivity index (χ0v) is 16.3. The molecule has 6 nitrogen and oxygen atoms in total. The number of methoxy groups -OCH3 is 1. The Morgan fingerprint density at radius 3 is 2.96 bits per heavy atom. The fourth-order valence-corrected chi connectivity index (χ4v) is 4.26. The van der Waals surface area contributed by atoms with Gasteiger partial charge in [-0.1, -0.05) is 0 Å². The lowest BCUT2D eigenvalue weighted by molar-refractivity contribution is 0.0945. The molecule has 0 aliphatic carbocycles. The average Bonchev–Trinajstić information content (AvgIpc) is 3.37. The standard InChI is InChI=1S/C21H27FN4O2/c1-28-19-6-5-16(22)12-17(19)15-4-7-20-24-18(14-26(20)13-15)21(27)23-8-11-25-9-2-3-10-25/h5-6,12,14-15H,2-4,7-11,13H2,1H3,(H,23,27)/t15-/m1/s1. The van der Waals surface area contributed by atoms with Gasteiger partial charge in [0.2, 0.25) is 0 Å². The lowest BCUT2D eigenvalue weighted by Crippen LogP contribution is -2.33. The van der Waals surface area contributed by atoms with Crippen molar-refractivity contribution in [3.05, 3.63) is 47.3 Å². The Morgan fingerprint density at radius 2 is 2.18 bits per heavy atom. The van der Waals surface area contributed by atoms with Gasteiger partial charge in [-0.15, -0.1) is 0 Å². The number of rotatable bonds is 6. The highest BCUT2D eigenvalue weighted by Gasteiger charge is 2.26. The molecule has 4 rings (SSSR count). The van der Waals surface area contributed by atoms with E-state index in [2.05, 4.69) is 15.2 Å². The van der Waals surface area contributed by atoms with Crippen LogP contribution < -0.4 is 10.1 Å². The maximum Gasteiger partial charge on any atom is 0.271 e. The van der Waals surface area contributed by atoms with Crippen LogP contribution in [-0.4, -0.2) is 53.6 Å². The number of imidazole rings is 1. The highest BCUT2D eigenvalue weighted by atomic mass is 19.1. The van der Waals surface area contributed by atoms with Gasteiger partial charge in [-0.2, -0.15) is 0 Å². The number of fused-ring (bicyclic) bond motifs is 1. The third-order valence-electron chi connectivity index (χ3n) is 5.77. The first-order valence-electron chi connectivity index (χ1n) is 10.0. The number of aromatic nitrogens is 2. The molecule has 2 aliphatic heterocycles. The van der Waals surface area contributed by atoms with E-state index in [-0.39, 0.29) is 17.6 Å². The minimum Gasteiger partial charge on any atom is -0.496 e. The molecule has 3 heterocycles. The van der Waals surface area contributed by atoms with Gasteiger partial charge in [-0.05, 0) is 50.6 Å². The van der Waals surface area contributed by atoms with Crippen LogP contribution in [0.4, 0.5) is 4.39 Å². The van der Waals surface area contributed by atoms with E-state index in [9.17, 15) is 9.18 Å². The predicted molar refractivity (Wildman–Crippen MR) is 104 cm³/mol. The van der Waals surface area contributed by atoms with Crippen molar-refractivity contribution in [2.45, 2.75) is 38.1 Å². The Bertz CT molecular complexity index is 845. The second-order valence-electron chi connectivity index (χ2n) is 7.62. The molecule has 1 fully saturated rings. The molecular formula is C21H27FN4O2. The molecule has 1 aromatic carbocycles. The summed E-state index contributed by atoms with van der Waals surface area (Å²) in [6.45, 7) is 4.45. The third-order valence-corrected chi connectivity index (χ3v) is 5.77. The summed E-state index contributed by atoms with van der Waals surface area (Å²) in [6, 6.07) is 4.64. The molecule has 0 radical (unpaired) electrons. The lowest BCUT2D eigenvalue weighted by atomic mass is 9.91. The zero-order chi connectivity index (χ0) is 19.5. The molecule has 1 atom stereocenters. The molecule has 0 bridgehead atoms. The van der Waals surface area contributed by atoms with Crippen molar-refractivity contribution in [2.24, 2.45) is 0 Å². The zero-order valence-electron chi connectivity index (χ0n) is 16.3. The van der Waals surface area contributed by atoms with Crippen molar-refractivity contribution in [3.8, 4) is 5.75 Å². The first-order valence-corrected chi connectivity index (χ1v) is 10.0. The molecule has 0 unspecified atom stereocenters. The summed E-state index contributed by atoms with van der Waals surface area (Å²) in [4.78, 5) is 19.3. The Hall–Kier alpha value is -2.41. The van der Waals surface area contributed by atoms with Crippen LogP contribution in [-0.2, 0) is 13.0 Å². The summed E-state index contributed by atoms with van der Waals surface area (Å²) in [5.41, 5.74) is 1.33. The molecule has 1 aromatic heterocycles. The first kappa shape index (κ1) is 18.9. The van der Waals surface area contributed by atoms with Crippen LogP contribution in [0.25, 0.3) is 0 Å². The second-order valence-corrected chi connectivity index (χ2v) is 7.62. The van der Waals surface area contributed by atoms with E-state index in [1.165, 1.54) is 18.9 Å². The number of carbonyl (C=O) groups is 1. The second kappa shape index (κ2) is 8.31. The SMILES string of the molecule is COc1ccc(F)cc1[C@@H]1CCc2nc(C(=O)NCCN3CCCC3)cn2C1. The molecule has 1 amide bonds. The molecule has 0 spiro atoms. The van der Waals surface area contributed by atoms with Crippen molar-refractivity contribution in [2.75, 3.05) is 33.3 Å². The van der Waals surface area contributed by atoms with Gasteiger partial charge in [0.25, 0.3) is 5.91 Å². The van der Waals surface area contributed by atoms with Gasteiger partial charge in [0.05, 0.1) is 7.11 Å². The maximum atomic E-state index is 13.7. The topological polar surface area (TPSA) is 59.4 Å². The number of amides is 1. The fourth-order valence-electron chi connectivity index (χ4n) is 4.26. The van der Waals surface area contributed by atoms with Crippen LogP contribution in [0, 0.1) is 5.82 Å². The van der Waals surface area contributed by atoms with Gasteiger partial charge in [0.1, 0.15) is 23.1 Å². The van der Waals surface area contributed by atoms with E-state index in [0.717, 1.165) is 43.9 Å². The van der Waals surface area contributed by atoms with E-state index in [1.54, 1.807) is 19.2 Å². The number of nitrogens with one attached hydrogen (secondary N) is 1. The van der Waals surface area contributed by atoms with Gasteiger partial charge < -0.3 is 19.5 Å². The molecule has 0 saturated carbocycles. The van der Waals surface area contributed by atoms with E-state index in [1.807, 2.05) is 10.8 Å². The van der Waals surface area contributed by atoms with Gasteiger partial charge in [0, 0.05) is 43.7 Å². The molecule has 150 valence electrons. The van der Waals surface area contributed by atoms with Crippen molar-refractivity contribution < 1.29 is 13.9 Å². The lowest BCUT2D eigenvalue weighted by Gasteiger charge is -2.25. The van der Waals surface area contributed by atoms with E-state index < -0.39 is 0 Å². The Balaban J connectivity index is 1.40. The van der Waals surface area contributed by atoms with Gasteiger partial charge >= 0.3 is 0 Å². The van der Waals surface area contributed by atoms with Crippen LogP contribution in [0.1, 0.15) is 47.1 Å². The van der Waals surface area contributed by atoms with E-state index in [0.29, 0.717) is 24.5 Å². The Kier molecular flexibility index (Phi) is 5.62. The fraction of sp³-hybridized carbons (Fsp3) is 0.524. The van der Waals surface area contributed by atoms with Crippen LogP contribution in [0.2, 0.25) is 0 Å². The number of halogens is 1. The number of carbonyl (C=O) groups excluding carboxylic acids is 1. The normalized spacial score (nSPS) is 19.4. The van der Waals surface area contributed by atoms with Crippen molar-refractivity contribution in [1.82, 2.24) is 19.8 Å². The number of likely N-dealkylation sites (tertiary alicyclic amines) is 1. The Labute approximate surface area is 164 Å². The molecule has 28 heavy (non-hydrogen) atoms. The van der Waals surface area contributed by atoms with Crippen molar-refractivity contribution >= 4 is 5.91 Å². The largest absolute Gasteiger partial charge is 0.496 e. The summed E-state index contributed by atoms with van der Waals surface area (Å²) in [6.07, 6.45) is 5.93. The number of ether oxygens (including phenoxy) is 1. The van der Waals surface area contributed by atoms with Crippen LogP contribution >= 0.6 is 0 Å². The van der Waals surface area contributed by atoms with Crippen LogP contribution in [0.5, 0.6) is 5.75 Å². The van der Waals surface area contributed by atoms with Crippen molar-refractivity contribution in [3.63, 3.8) is 0 Å². The third kappa shape index (κ3) is 4.04. The minimum atomic E-state index is -0.259. The number of hydrogen-bond donors (Lipinski definition) is 1. The maximum absolute atomic E-state index is 13.7. The smallest absolute Gasteiger partial charge is 0.271 e. The first-order chi connectivity index (χ1) is 13.6. The quantitative estimate of drug-likeness (QED) is 0.829. The minimum absolute atomic E-state index is 0.124. The highest BCUT2D eigenvalue weighted by Crippen LogP contribution is 2.34. The predicted octanol–water partition coefficient (Wildman–Crippen LogP) is 2.59. The monoisotopic (exact) mass is 386 g/mol. The summed E-state index contributed by atoms with van der Waals surface area (Å²) < 4.78 is 21.2. The van der Waals surface area contributed by atoms with Gasteiger partial charge in [-0.25, -0.2) is 9.37 Å². The highest BCUT2D eigenvalue weighted by molar-refractivity contribution is 5.92. The molecule has 7 heteroatoms. The molecule has 1 N–H and O–H groups in total. The average molecular weight is 386 g/mol. The van der Waals surface area contributed by atoms with Gasteiger partial charge in [0.15, 0.2) is 0 Å². The molecule has 2 aliphatic rings. The summed E-state index contributed by atoms with van der Waals surface area (Å²) in [5, 5.41) is 2.98. The molecular weight excluding hydrogens is 359 g/mol. The van der Waals surface area contributed by atoms with Gasteiger partial charge in [-0.3, -0.25) is 4.79 Å². The number of nitrogens with zero attached hydrogens (tertiary/aromatic N) is 3. The van der Waals surface area contributed by atoms with Crippen LogP contribution in [0.15, 0.2) is 24.4 Å². The van der Waals surface area contributed by atoms with Crippen LogP contribution in [0.3, 0.4) is 0 Å². The number of aryl methyl sites for hydroxylation is 1. The molecule has 2 aromatic rings. The molecule has 1 saturated heterocycles.